The molecule has 0 saturated heterocycles. The SMILES string of the molecule is COc1nc(CC(C)C)c(=O)[nH]c1C(C)c1c[nH]c2ccccc12. The molecule has 5 heteroatoms. The third-order valence-corrected chi connectivity index (χ3v) is 4.29. The van der Waals surface area contributed by atoms with Gasteiger partial charge in [-0.15, -0.1) is 0 Å². The summed E-state index contributed by atoms with van der Waals surface area (Å²) < 4.78 is 5.46. The van der Waals surface area contributed by atoms with Crippen molar-refractivity contribution in [2.75, 3.05) is 7.11 Å². The van der Waals surface area contributed by atoms with Crippen molar-refractivity contribution in [1.29, 1.82) is 0 Å². The van der Waals surface area contributed by atoms with Gasteiger partial charge in [0.1, 0.15) is 5.69 Å². The highest BCUT2D eigenvalue weighted by atomic mass is 16.5. The summed E-state index contributed by atoms with van der Waals surface area (Å²) in [5.74, 6) is 0.813. The van der Waals surface area contributed by atoms with Crippen molar-refractivity contribution in [2.45, 2.75) is 33.1 Å². The van der Waals surface area contributed by atoms with E-state index in [2.05, 4.69) is 34.9 Å². The van der Waals surface area contributed by atoms with Gasteiger partial charge in [-0.2, -0.15) is 0 Å². The van der Waals surface area contributed by atoms with Crippen LogP contribution >= 0.6 is 0 Å². The summed E-state index contributed by atoms with van der Waals surface area (Å²) in [6.07, 6.45) is 2.61. The summed E-state index contributed by atoms with van der Waals surface area (Å²) in [5, 5.41) is 1.14. The number of rotatable bonds is 5. The second-order valence-corrected chi connectivity index (χ2v) is 6.54. The Kier molecular flexibility index (Phi) is 4.42. The first-order valence-electron chi connectivity index (χ1n) is 8.24. The summed E-state index contributed by atoms with van der Waals surface area (Å²) in [6, 6.07) is 8.12. The quantitative estimate of drug-likeness (QED) is 0.753. The average molecular weight is 325 g/mol. The van der Waals surface area contributed by atoms with E-state index in [0.717, 1.165) is 16.5 Å². The molecule has 2 N–H and O–H groups in total. The van der Waals surface area contributed by atoms with Gasteiger partial charge < -0.3 is 14.7 Å². The van der Waals surface area contributed by atoms with Gasteiger partial charge in [0.05, 0.1) is 12.8 Å². The van der Waals surface area contributed by atoms with Crippen LogP contribution < -0.4 is 10.3 Å². The van der Waals surface area contributed by atoms with E-state index in [9.17, 15) is 4.79 Å². The maximum absolute atomic E-state index is 12.4. The highest BCUT2D eigenvalue weighted by Gasteiger charge is 2.21. The van der Waals surface area contributed by atoms with Crippen LogP contribution in [0.15, 0.2) is 35.3 Å². The van der Waals surface area contributed by atoms with Crippen LogP contribution in [0.5, 0.6) is 5.88 Å². The van der Waals surface area contributed by atoms with E-state index in [4.69, 9.17) is 4.74 Å². The number of hydrogen-bond acceptors (Lipinski definition) is 3. The number of fused-ring (bicyclic) bond motifs is 1. The molecule has 0 radical (unpaired) electrons. The molecule has 0 aliphatic heterocycles. The van der Waals surface area contributed by atoms with Crippen molar-refractivity contribution < 1.29 is 4.74 Å². The van der Waals surface area contributed by atoms with Gasteiger partial charge >= 0.3 is 0 Å². The fourth-order valence-electron chi connectivity index (χ4n) is 3.06. The first kappa shape index (κ1) is 16.3. The lowest BCUT2D eigenvalue weighted by molar-refractivity contribution is 0.384. The molecule has 1 unspecified atom stereocenters. The normalized spacial score (nSPS) is 12.7. The van der Waals surface area contributed by atoms with E-state index >= 15 is 0 Å². The minimum absolute atomic E-state index is 0.0376. The van der Waals surface area contributed by atoms with Crippen molar-refractivity contribution in [2.24, 2.45) is 5.92 Å². The molecular weight excluding hydrogens is 302 g/mol. The Bertz CT molecular complexity index is 908. The van der Waals surface area contributed by atoms with Gasteiger partial charge in [-0.1, -0.05) is 39.0 Å². The molecule has 0 bridgehead atoms. The molecule has 2 heterocycles. The molecule has 0 aliphatic carbocycles. The number of hydrogen-bond donors (Lipinski definition) is 2. The number of benzene rings is 1. The van der Waals surface area contributed by atoms with E-state index in [-0.39, 0.29) is 11.5 Å². The largest absolute Gasteiger partial charge is 0.480 e. The molecule has 24 heavy (non-hydrogen) atoms. The number of aromatic amines is 2. The average Bonchev–Trinajstić information content (AvgIpc) is 2.99. The van der Waals surface area contributed by atoms with Gasteiger partial charge in [0.2, 0.25) is 5.88 Å². The maximum Gasteiger partial charge on any atom is 0.270 e. The Hall–Kier alpha value is -2.56. The second kappa shape index (κ2) is 6.51. The predicted octanol–water partition coefficient (Wildman–Crippen LogP) is 3.61. The van der Waals surface area contributed by atoms with Gasteiger partial charge in [0, 0.05) is 23.0 Å². The highest BCUT2D eigenvalue weighted by molar-refractivity contribution is 5.84. The van der Waals surface area contributed by atoms with Crippen LogP contribution in [0.25, 0.3) is 10.9 Å². The molecule has 1 aromatic carbocycles. The molecule has 0 aliphatic rings. The van der Waals surface area contributed by atoms with Gasteiger partial charge in [0.25, 0.3) is 5.56 Å². The molecule has 0 spiro atoms. The third-order valence-electron chi connectivity index (χ3n) is 4.29. The number of nitrogens with one attached hydrogen (secondary N) is 2. The van der Waals surface area contributed by atoms with Crippen LogP contribution in [0.2, 0.25) is 0 Å². The molecule has 3 rings (SSSR count). The van der Waals surface area contributed by atoms with Crippen LogP contribution in [-0.4, -0.2) is 22.1 Å². The van der Waals surface area contributed by atoms with Crippen molar-refractivity contribution in [3.63, 3.8) is 0 Å². The number of nitrogens with zero attached hydrogens (tertiary/aromatic N) is 1. The van der Waals surface area contributed by atoms with Crippen LogP contribution in [-0.2, 0) is 6.42 Å². The van der Waals surface area contributed by atoms with Gasteiger partial charge in [-0.25, -0.2) is 4.98 Å². The topological polar surface area (TPSA) is 70.8 Å². The zero-order valence-corrected chi connectivity index (χ0v) is 14.5. The van der Waals surface area contributed by atoms with E-state index in [1.807, 2.05) is 31.3 Å². The molecule has 5 nitrogen and oxygen atoms in total. The van der Waals surface area contributed by atoms with Crippen molar-refractivity contribution in [1.82, 2.24) is 15.0 Å². The van der Waals surface area contributed by atoms with Gasteiger partial charge in [-0.3, -0.25) is 4.79 Å². The van der Waals surface area contributed by atoms with E-state index in [1.54, 1.807) is 7.11 Å². The van der Waals surface area contributed by atoms with Crippen molar-refractivity contribution >= 4 is 10.9 Å². The first-order chi connectivity index (χ1) is 11.5. The van der Waals surface area contributed by atoms with Crippen LogP contribution in [0, 0.1) is 5.92 Å². The molecule has 0 fully saturated rings. The minimum Gasteiger partial charge on any atom is -0.480 e. The fourth-order valence-corrected chi connectivity index (χ4v) is 3.06. The first-order valence-corrected chi connectivity index (χ1v) is 8.24. The molecule has 0 amide bonds. The summed E-state index contributed by atoms with van der Waals surface area (Å²) >= 11 is 0. The number of H-pyrrole nitrogens is 2. The zero-order valence-electron chi connectivity index (χ0n) is 14.5. The Morgan fingerprint density at radius 1 is 1.21 bits per heavy atom. The van der Waals surface area contributed by atoms with E-state index in [1.165, 1.54) is 0 Å². The molecule has 0 saturated carbocycles. The van der Waals surface area contributed by atoms with Crippen molar-refractivity contribution in [3.05, 3.63) is 57.8 Å². The number of ether oxygens (including phenoxy) is 1. The lowest BCUT2D eigenvalue weighted by Gasteiger charge is -2.15. The maximum atomic E-state index is 12.4. The second-order valence-electron chi connectivity index (χ2n) is 6.54. The van der Waals surface area contributed by atoms with Gasteiger partial charge in [0.15, 0.2) is 0 Å². The number of methoxy groups -OCH3 is 1. The number of aromatic nitrogens is 3. The highest BCUT2D eigenvalue weighted by Crippen LogP contribution is 2.32. The Morgan fingerprint density at radius 2 is 1.96 bits per heavy atom. The lowest BCUT2D eigenvalue weighted by atomic mass is 9.97. The molecule has 1 atom stereocenters. The monoisotopic (exact) mass is 325 g/mol. The number of para-hydroxylation sites is 1. The summed E-state index contributed by atoms with van der Waals surface area (Å²) in [7, 11) is 1.59. The van der Waals surface area contributed by atoms with E-state index in [0.29, 0.717) is 29.6 Å². The zero-order chi connectivity index (χ0) is 17.3. The van der Waals surface area contributed by atoms with E-state index < -0.39 is 0 Å². The van der Waals surface area contributed by atoms with Crippen molar-refractivity contribution in [3.8, 4) is 5.88 Å². The Labute approximate surface area is 141 Å². The summed E-state index contributed by atoms with van der Waals surface area (Å²) in [5.41, 5.74) is 3.28. The summed E-state index contributed by atoms with van der Waals surface area (Å²) in [4.78, 5) is 23.1. The Balaban J connectivity index is 2.08. The van der Waals surface area contributed by atoms with Crippen LogP contribution in [0.4, 0.5) is 0 Å². The van der Waals surface area contributed by atoms with Crippen LogP contribution in [0.1, 0.15) is 43.6 Å². The van der Waals surface area contributed by atoms with Gasteiger partial charge in [-0.05, 0) is 24.0 Å². The standard InChI is InChI=1S/C19H23N3O2/c1-11(2)9-16-18(23)22-17(19(21-16)24-4)12(3)14-10-20-15-8-6-5-7-13(14)15/h5-8,10-12,20H,9H2,1-4H3,(H,22,23). The fraction of sp³-hybridized carbons (Fsp3) is 0.368. The Morgan fingerprint density at radius 3 is 2.67 bits per heavy atom. The third kappa shape index (κ3) is 2.94. The molecule has 3 aromatic rings. The molecule has 126 valence electrons. The predicted molar refractivity (Wildman–Crippen MR) is 95.8 cm³/mol. The summed E-state index contributed by atoms with van der Waals surface area (Å²) in [6.45, 7) is 6.18. The molecule has 2 aromatic heterocycles. The molecular formula is C19H23N3O2. The lowest BCUT2D eigenvalue weighted by Crippen LogP contribution is -2.21. The van der Waals surface area contributed by atoms with Crippen LogP contribution in [0.3, 0.4) is 0 Å². The minimum atomic E-state index is -0.133. The smallest absolute Gasteiger partial charge is 0.270 e.